The molecular weight excluding hydrogens is 440 g/mol. The lowest BCUT2D eigenvalue weighted by molar-refractivity contribution is -0.213. The molecule has 0 aliphatic carbocycles. The molecule has 0 spiro atoms. The molecule has 4 rings (SSSR count). The Balaban J connectivity index is 1.21. The monoisotopic (exact) mass is 461 g/mol. The topological polar surface area (TPSA) is 148 Å². The zero-order valence-electron chi connectivity index (χ0n) is 18.3. The zero-order chi connectivity index (χ0) is 24.4. The quantitative estimate of drug-likeness (QED) is 0.253. The molecule has 0 radical (unpaired) electrons. The van der Waals surface area contributed by atoms with E-state index in [4.69, 9.17) is 0 Å². The van der Waals surface area contributed by atoms with E-state index < -0.39 is 23.6 Å². The highest BCUT2D eigenvalue weighted by molar-refractivity contribution is 6.22. The van der Waals surface area contributed by atoms with Crippen molar-refractivity contribution in [1.29, 1.82) is 0 Å². The summed E-state index contributed by atoms with van der Waals surface area (Å²) in [7, 11) is 1.40. The van der Waals surface area contributed by atoms with Crippen LogP contribution >= 0.6 is 0 Å². The SMILES string of the molecule is CN1C(=O)c2ccc(C(=O)NCCCCCN=C([O-])c3ccc4c(c3)C(=O)NC4=O)cc2C1=O. The van der Waals surface area contributed by atoms with E-state index in [2.05, 4.69) is 15.6 Å². The average Bonchev–Trinajstić information content (AvgIpc) is 3.24. The molecule has 0 unspecified atom stereocenters. The number of carbonyl (C=O) groups is 5. The highest BCUT2D eigenvalue weighted by Gasteiger charge is 2.33. The fourth-order valence-electron chi connectivity index (χ4n) is 3.79. The fourth-order valence-corrected chi connectivity index (χ4v) is 3.79. The summed E-state index contributed by atoms with van der Waals surface area (Å²) in [5.41, 5.74) is 1.49. The van der Waals surface area contributed by atoms with Gasteiger partial charge in [0, 0.05) is 25.7 Å². The molecule has 2 aliphatic rings. The van der Waals surface area contributed by atoms with Crippen molar-refractivity contribution in [3.63, 3.8) is 0 Å². The lowest BCUT2D eigenvalue weighted by Crippen LogP contribution is -2.25. The maximum Gasteiger partial charge on any atom is 0.261 e. The normalized spacial score (nSPS) is 14.9. The van der Waals surface area contributed by atoms with Gasteiger partial charge in [0.15, 0.2) is 0 Å². The summed E-state index contributed by atoms with van der Waals surface area (Å²) in [5.74, 6) is -2.60. The van der Waals surface area contributed by atoms with Gasteiger partial charge in [0.05, 0.1) is 22.3 Å². The summed E-state index contributed by atoms with van der Waals surface area (Å²) < 4.78 is 0. The molecule has 10 heteroatoms. The smallest absolute Gasteiger partial charge is 0.261 e. The first-order valence-electron chi connectivity index (χ1n) is 10.7. The van der Waals surface area contributed by atoms with E-state index >= 15 is 0 Å². The minimum Gasteiger partial charge on any atom is -0.858 e. The predicted octanol–water partition coefficient (Wildman–Crippen LogP) is 0.503. The minimum absolute atomic E-state index is 0.174. The van der Waals surface area contributed by atoms with Gasteiger partial charge >= 0.3 is 0 Å². The highest BCUT2D eigenvalue weighted by atomic mass is 16.3. The second kappa shape index (κ2) is 9.26. The molecule has 10 nitrogen and oxygen atoms in total. The molecule has 0 aromatic heterocycles. The number of benzene rings is 2. The van der Waals surface area contributed by atoms with Crippen molar-refractivity contribution < 1.29 is 29.1 Å². The van der Waals surface area contributed by atoms with Crippen molar-refractivity contribution >= 4 is 35.4 Å². The Bertz CT molecular complexity index is 1270. The van der Waals surface area contributed by atoms with Gasteiger partial charge in [-0.05, 0) is 61.1 Å². The number of fused-ring (bicyclic) bond motifs is 2. The second-order valence-electron chi connectivity index (χ2n) is 7.98. The van der Waals surface area contributed by atoms with E-state index in [0.717, 1.165) is 11.3 Å². The Hall–Kier alpha value is -4.34. The Morgan fingerprint density at radius 3 is 2.32 bits per heavy atom. The van der Waals surface area contributed by atoms with Crippen LogP contribution in [0.25, 0.3) is 0 Å². The van der Waals surface area contributed by atoms with Crippen molar-refractivity contribution in [3.05, 3.63) is 69.8 Å². The number of aliphatic imine (C=N–C) groups is 1. The molecule has 2 heterocycles. The maximum absolute atomic E-state index is 12.3. The van der Waals surface area contributed by atoms with Gasteiger partial charge in [-0.25, -0.2) is 0 Å². The molecule has 5 amide bonds. The molecule has 2 aliphatic heterocycles. The van der Waals surface area contributed by atoms with E-state index in [1.807, 2.05) is 0 Å². The van der Waals surface area contributed by atoms with Crippen LogP contribution in [0.3, 0.4) is 0 Å². The van der Waals surface area contributed by atoms with Crippen LogP contribution < -0.4 is 15.7 Å². The third-order valence-electron chi connectivity index (χ3n) is 5.71. The van der Waals surface area contributed by atoms with Gasteiger partial charge < -0.3 is 15.4 Å². The van der Waals surface area contributed by atoms with E-state index in [0.29, 0.717) is 37.1 Å². The van der Waals surface area contributed by atoms with Crippen LogP contribution in [0.15, 0.2) is 41.4 Å². The van der Waals surface area contributed by atoms with E-state index in [1.165, 1.54) is 43.4 Å². The Morgan fingerprint density at radius 2 is 1.53 bits per heavy atom. The molecule has 0 atom stereocenters. The number of carbonyl (C=O) groups excluding carboxylic acids is 5. The number of nitrogens with zero attached hydrogens (tertiary/aromatic N) is 2. The number of rotatable bonds is 8. The average molecular weight is 461 g/mol. The second-order valence-corrected chi connectivity index (χ2v) is 7.98. The van der Waals surface area contributed by atoms with Crippen LogP contribution in [0.4, 0.5) is 0 Å². The van der Waals surface area contributed by atoms with Crippen LogP contribution in [0, 0.1) is 0 Å². The first-order chi connectivity index (χ1) is 16.3. The molecular formula is C24H21N4O6-. The third kappa shape index (κ3) is 4.29. The van der Waals surface area contributed by atoms with Gasteiger partial charge in [0.1, 0.15) is 0 Å². The van der Waals surface area contributed by atoms with Gasteiger partial charge in [-0.3, -0.25) is 34.2 Å². The summed E-state index contributed by atoms with van der Waals surface area (Å²) in [4.78, 5) is 64.6. The summed E-state index contributed by atoms with van der Waals surface area (Å²) >= 11 is 0. The van der Waals surface area contributed by atoms with Gasteiger partial charge in [-0.1, -0.05) is 6.07 Å². The van der Waals surface area contributed by atoms with Gasteiger partial charge in [0.2, 0.25) is 0 Å². The van der Waals surface area contributed by atoms with Crippen molar-refractivity contribution in [2.75, 3.05) is 20.1 Å². The predicted molar refractivity (Wildman–Crippen MR) is 119 cm³/mol. The first kappa shape index (κ1) is 22.8. The van der Waals surface area contributed by atoms with Crippen LogP contribution in [0.2, 0.25) is 0 Å². The number of nitrogens with one attached hydrogen (secondary N) is 2. The molecule has 2 aromatic carbocycles. The zero-order valence-corrected chi connectivity index (χ0v) is 18.3. The van der Waals surface area contributed by atoms with Crippen molar-refractivity contribution in [1.82, 2.24) is 15.5 Å². The summed E-state index contributed by atoms with van der Waals surface area (Å²) in [6, 6.07) is 8.71. The number of imide groups is 2. The number of unbranched alkanes of at least 4 members (excludes halogenated alkanes) is 2. The van der Waals surface area contributed by atoms with Crippen LogP contribution in [-0.2, 0) is 0 Å². The van der Waals surface area contributed by atoms with Crippen LogP contribution in [0.1, 0.15) is 76.6 Å². The van der Waals surface area contributed by atoms with Crippen molar-refractivity contribution in [3.8, 4) is 0 Å². The fraction of sp³-hybridized carbons (Fsp3) is 0.250. The van der Waals surface area contributed by atoms with Crippen molar-refractivity contribution in [2.24, 2.45) is 4.99 Å². The molecule has 0 fully saturated rings. The number of amides is 5. The molecule has 2 aromatic rings. The molecule has 0 saturated heterocycles. The minimum atomic E-state index is -0.524. The van der Waals surface area contributed by atoms with E-state index in [-0.39, 0.29) is 34.1 Å². The first-order valence-corrected chi connectivity index (χ1v) is 10.7. The van der Waals surface area contributed by atoms with Crippen LogP contribution in [-0.4, -0.2) is 60.5 Å². The molecule has 34 heavy (non-hydrogen) atoms. The van der Waals surface area contributed by atoms with Gasteiger partial charge in [-0.15, -0.1) is 0 Å². The van der Waals surface area contributed by atoms with Gasteiger partial charge in [0.25, 0.3) is 29.5 Å². The molecule has 2 N–H and O–H groups in total. The van der Waals surface area contributed by atoms with E-state index in [9.17, 15) is 29.1 Å². The molecule has 0 saturated carbocycles. The van der Waals surface area contributed by atoms with Crippen molar-refractivity contribution in [2.45, 2.75) is 19.3 Å². The molecule has 174 valence electrons. The molecule has 0 bridgehead atoms. The largest absolute Gasteiger partial charge is 0.858 e. The number of hydrogen-bond acceptors (Lipinski definition) is 7. The summed E-state index contributed by atoms with van der Waals surface area (Å²) in [6.45, 7) is 0.702. The summed E-state index contributed by atoms with van der Waals surface area (Å²) in [5, 5.41) is 17.2. The Kier molecular flexibility index (Phi) is 6.22. The maximum atomic E-state index is 12.3. The summed E-state index contributed by atoms with van der Waals surface area (Å²) in [6.07, 6.45) is 2.02. The number of hydrogen-bond donors (Lipinski definition) is 2. The third-order valence-corrected chi connectivity index (χ3v) is 5.71. The standard InChI is InChI=1S/C24H22N4O6/c1-28-23(33)16-8-6-14(12-18(16)24(28)34)20(30)26-10-4-2-3-9-25-19(29)13-5-7-15-17(11-13)22(32)27-21(15)31/h5-8,11-12H,2-4,9-10H2,1H3,(H,25,29)(H,26,30)(H,27,31,32)/p-1. The Labute approximate surface area is 194 Å². The van der Waals surface area contributed by atoms with Crippen LogP contribution in [0.5, 0.6) is 0 Å². The lowest BCUT2D eigenvalue weighted by Gasteiger charge is -2.11. The van der Waals surface area contributed by atoms with E-state index in [1.54, 1.807) is 0 Å². The lowest BCUT2D eigenvalue weighted by atomic mass is 10.1. The highest BCUT2D eigenvalue weighted by Crippen LogP contribution is 2.22. The van der Waals surface area contributed by atoms with Gasteiger partial charge in [-0.2, -0.15) is 0 Å². The Morgan fingerprint density at radius 1 is 0.882 bits per heavy atom.